The molecule has 7 heteroatoms. The molecular weight excluding hydrogens is 338 g/mol. The number of hydrogen-bond acceptors (Lipinski definition) is 4. The summed E-state index contributed by atoms with van der Waals surface area (Å²) in [4.78, 5) is 12.3. The van der Waals surface area contributed by atoms with Crippen molar-refractivity contribution in [1.82, 2.24) is 5.43 Å². The number of para-hydroxylation sites is 1. The molecule has 0 bridgehead atoms. The second kappa shape index (κ2) is 7.94. The lowest BCUT2D eigenvalue weighted by molar-refractivity contribution is -0.121. The molecule has 0 aliphatic heterocycles. The highest BCUT2D eigenvalue weighted by Gasteiger charge is 2.28. The van der Waals surface area contributed by atoms with Gasteiger partial charge in [0.05, 0.1) is 18.2 Å². The highest BCUT2D eigenvalue weighted by molar-refractivity contribution is 7.92. The predicted octanol–water partition coefficient (Wildman–Crippen LogP) is 2.30. The van der Waals surface area contributed by atoms with E-state index in [2.05, 4.69) is 10.5 Å². The van der Waals surface area contributed by atoms with Gasteiger partial charge in [0.2, 0.25) is 10.0 Å². The third kappa shape index (κ3) is 5.15. The lowest BCUT2D eigenvalue weighted by Crippen LogP contribution is -2.46. The molecule has 1 atom stereocenters. The van der Waals surface area contributed by atoms with Crippen LogP contribution in [0, 0.1) is 6.92 Å². The van der Waals surface area contributed by atoms with Crippen molar-refractivity contribution in [3.8, 4) is 0 Å². The van der Waals surface area contributed by atoms with Gasteiger partial charge in [-0.05, 0) is 31.5 Å². The third-order valence-electron chi connectivity index (χ3n) is 3.53. The van der Waals surface area contributed by atoms with Crippen LogP contribution in [0.2, 0.25) is 0 Å². The van der Waals surface area contributed by atoms with Gasteiger partial charge in [0, 0.05) is 0 Å². The molecule has 2 rings (SSSR count). The number of aryl methyl sites for hydroxylation is 1. The quantitative estimate of drug-likeness (QED) is 0.635. The standard InChI is InChI=1S/C18H21N3O3S/c1-14-8-7-9-16(12-14)13-19-20-18(22)15(2)21(25(3,23)24)17-10-5-4-6-11-17/h4-13,15H,1-3H3,(H,20,22)/b19-13-/t15-/m0/s1. The Bertz CT molecular complexity index is 864. The van der Waals surface area contributed by atoms with Crippen molar-refractivity contribution in [2.24, 2.45) is 5.10 Å². The number of amides is 1. The molecule has 0 aromatic heterocycles. The Kier molecular flexibility index (Phi) is 5.93. The third-order valence-corrected chi connectivity index (χ3v) is 4.77. The summed E-state index contributed by atoms with van der Waals surface area (Å²) in [7, 11) is -3.62. The molecule has 6 nitrogen and oxygen atoms in total. The number of sulfonamides is 1. The summed E-state index contributed by atoms with van der Waals surface area (Å²) >= 11 is 0. The molecule has 0 aliphatic rings. The summed E-state index contributed by atoms with van der Waals surface area (Å²) < 4.78 is 25.3. The number of nitrogens with zero attached hydrogens (tertiary/aromatic N) is 2. The average molecular weight is 359 g/mol. The summed E-state index contributed by atoms with van der Waals surface area (Å²) in [5.41, 5.74) is 4.75. The smallest absolute Gasteiger partial charge is 0.263 e. The van der Waals surface area contributed by atoms with Crippen LogP contribution in [0.15, 0.2) is 59.7 Å². The summed E-state index contributed by atoms with van der Waals surface area (Å²) in [5.74, 6) is -0.516. The molecule has 0 spiro atoms. The van der Waals surface area contributed by atoms with Crippen molar-refractivity contribution in [1.29, 1.82) is 0 Å². The number of nitrogens with one attached hydrogen (secondary N) is 1. The van der Waals surface area contributed by atoms with Gasteiger partial charge in [-0.3, -0.25) is 9.10 Å². The van der Waals surface area contributed by atoms with Gasteiger partial charge >= 0.3 is 0 Å². The number of rotatable bonds is 6. The normalized spacial score (nSPS) is 12.8. The monoisotopic (exact) mass is 359 g/mol. The second-order valence-electron chi connectivity index (χ2n) is 5.72. The van der Waals surface area contributed by atoms with Gasteiger partial charge in [-0.15, -0.1) is 0 Å². The lowest BCUT2D eigenvalue weighted by Gasteiger charge is -2.27. The fraction of sp³-hybridized carbons (Fsp3) is 0.222. The molecule has 25 heavy (non-hydrogen) atoms. The maximum absolute atomic E-state index is 12.3. The molecule has 1 amide bonds. The minimum absolute atomic E-state index is 0.426. The van der Waals surface area contributed by atoms with Gasteiger partial charge in [0.15, 0.2) is 0 Å². The van der Waals surface area contributed by atoms with E-state index in [4.69, 9.17) is 0 Å². The Hall–Kier alpha value is -2.67. The fourth-order valence-electron chi connectivity index (χ4n) is 2.40. The van der Waals surface area contributed by atoms with Gasteiger partial charge in [-0.1, -0.05) is 48.0 Å². The Morgan fingerprint density at radius 1 is 1.16 bits per heavy atom. The first kappa shape index (κ1) is 18.7. The number of carbonyl (C=O) groups excluding carboxylic acids is 1. The Balaban J connectivity index is 2.14. The lowest BCUT2D eigenvalue weighted by atomic mass is 10.2. The van der Waals surface area contributed by atoms with Crippen molar-refractivity contribution in [3.63, 3.8) is 0 Å². The van der Waals surface area contributed by atoms with Crippen LogP contribution in [-0.2, 0) is 14.8 Å². The van der Waals surface area contributed by atoms with Crippen molar-refractivity contribution >= 4 is 27.8 Å². The van der Waals surface area contributed by atoms with E-state index >= 15 is 0 Å². The zero-order chi connectivity index (χ0) is 18.4. The van der Waals surface area contributed by atoms with Crippen LogP contribution in [0.4, 0.5) is 5.69 Å². The largest absolute Gasteiger partial charge is 0.271 e. The molecule has 0 aliphatic carbocycles. The predicted molar refractivity (Wildman–Crippen MR) is 100 cm³/mol. The maximum Gasteiger partial charge on any atom is 0.263 e. The van der Waals surface area contributed by atoms with Crippen molar-refractivity contribution < 1.29 is 13.2 Å². The zero-order valence-electron chi connectivity index (χ0n) is 14.4. The molecule has 2 aromatic rings. The van der Waals surface area contributed by atoms with E-state index in [1.807, 2.05) is 31.2 Å². The summed E-state index contributed by atoms with van der Waals surface area (Å²) in [5, 5.41) is 3.92. The topological polar surface area (TPSA) is 78.8 Å². The molecule has 0 fully saturated rings. The molecule has 132 valence electrons. The molecule has 0 radical (unpaired) electrons. The fourth-order valence-corrected chi connectivity index (χ4v) is 3.57. The molecule has 0 saturated carbocycles. The van der Waals surface area contributed by atoms with Crippen molar-refractivity contribution in [3.05, 3.63) is 65.7 Å². The molecule has 1 N–H and O–H groups in total. The summed E-state index contributed by atoms with van der Waals surface area (Å²) in [6, 6.07) is 15.2. The van der Waals surface area contributed by atoms with Gasteiger partial charge in [-0.25, -0.2) is 13.8 Å². The summed E-state index contributed by atoms with van der Waals surface area (Å²) in [6.07, 6.45) is 2.59. The first-order valence-electron chi connectivity index (χ1n) is 7.73. The molecule has 0 heterocycles. The van der Waals surface area contributed by atoms with E-state index in [0.29, 0.717) is 5.69 Å². The van der Waals surface area contributed by atoms with Crippen LogP contribution in [0.1, 0.15) is 18.1 Å². The number of carbonyl (C=O) groups is 1. The van der Waals surface area contributed by atoms with Crippen molar-refractivity contribution in [2.45, 2.75) is 19.9 Å². The van der Waals surface area contributed by atoms with Gasteiger partial charge in [-0.2, -0.15) is 5.10 Å². The molecule has 0 saturated heterocycles. The van der Waals surface area contributed by atoms with Crippen LogP contribution >= 0.6 is 0 Å². The first-order valence-corrected chi connectivity index (χ1v) is 9.58. The van der Waals surface area contributed by atoms with E-state index < -0.39 is 22.0 Å². The Morgan fingerprint density at radius 3 is 2.44 bits per heavy atom. The van der Waals surface area contributed by atoms with Crippen molar-refractivity contribution in [2.75, 3.05) is 10.6 Å². The Morgan fingerprint density at radius 2 is 1.84 bits per heavy atom. The highest BCUT2D eigenvalue weighted by atomic mass is 32.2. The van der Waals surface area contributed by atoms with E-state index in [0.717, 1.165) is 21.7 Å². The van der Waals surface area contributed by atoms with Crippen LogP contribution in [0.25, 0.3) is 0 Å². The number of anilines is 1. The van der Waals surface area contributed by atoms with Crippen LogP contribution < -0.4 is 9.73 Å². The minimum atomic E-state index is -3.62. The van der Waals surface area contributed by atoms with Gasteiger partial charge < -0.3 is 0 Å². The minimum Gasteiger partial charge on any atom is -0.271 e. The summed E-state index contributed by atoms with van der Waals surface area (Å²) in [6.45, 7) is 3.48. The van der Waals surface area contributed by atoms with E-state index in [9.17, 15) is 13.2 Å². The average Bonchev–Trinajstić information content (AvgIpc) is 2.54. The van der Waals surface area contributed by atoms with E-state index in [-0.39, 0.29) is 0 Å². The van der Waals surface area contributed by atoms with E-state index in [1.165, 1.54) is 13.1 Å². The number of benzene rings is 2. The zero-order valence-corrected chi connectivity index (χ0v) is 15.2. The van der Waals surface area contributed by atoms with Crippen LogP contribution in [-0.4, -0.2) is 32.8 Å². The number of hydrogen-bond donors (Lipinski definition) is 1. The van der Waals surface area contributed by atoms with E-state index in [1.54, 1.807) is 30.3 Å². The molecule has 2 aromatic carbocycles. The number of hydrazone groups is 1. The molecular formula is C18H21N3O3S. The SMILES string of the molecule is Cc1cccc(/C=N\NC(=O)[C@H](C)N(c2ccccc2)S(C)(=O)=O)c1. The second-order valence-corrected chi connectivity index (χ2v) is 7.58. The van der Waals surface area contributed by atoms with Crippen LogP contribution in [0.5, 0.6) is 0 Å². The highest BCUT2D eigenvalue weighted by Crippen LogP contribution is 2.20. The van der Waals surface area contributed by atoms with Gasteiger partial charge in [0.25, 0.3) is 5.91 Å². The maximum atomic E-state index is 12.3. The van der Waals surface area contributed by atoms with Crippen LogP contribution in [0.3, 0.4) is 0 Å². The van der Waals surface area contributed by atoms with Gasteiger partial charge in [0.1, 0.15) is 6.04 Å². The Labute approximate surface area is 148 Å². The molecule has 0 unspecified atom stereocenters. The first-order chi connectivity index (χ1) is 11.8.